The maximum atomic E-state index is 11.0. The molecule has 0 saturated carbocycles. The number of pyridine rings is 1. The maximum Gasteiger partial charge on any atom is 0.212 e. The third-order valence-electron chi connectivity index (χ3n) is 2.00. The van der Waals surface area contributed by atoms with E-state index in [1.54, 1.807) is 13.0 Å². The lowest BCUT2D eigenvalue weighted by Crippen LogP contribution is -2.27. The molecule has 4 nitrogen and oxygen atoms in total. The van der Waals surface area contributed by atoms with Gasteiger partial charge in [0.25, 0.3) is 0 Å². The lowest BCUT2D eigenvalue weighted by molar-refractivity contribution is 0.583. The third-order valence-corrected chi connectivity index (χ3v) is 3.29. The van der Waals surface area contributed by atoms with Crippen LogP contribution in [-0.4, -0.2) is 18.7 Å². The highest BCUT2D eigenvalue weighted by atomic mass is 32.2. The number of aromatic nitrogens is 1. The molecule has 2 N–H and O–H groups in total. The van der Waals surface area contributed by atoms with Crippen LogP contribution >= 0.6 is 0 Å². The largest absolute Gasteiger partial charge is 0.258 e. The van der Waals surface area contributed by atoms with Crippen LogP contribution in [0.4, 0.5) is 0 Å². The standard InChI is InChI=1S/C9H14N2O2S/c1-7-4-3-5-9(11-7)6-8(2)14(10,12)13/h3-5,8H,6H2,1-2H3,(H2,10,12,13). The SMILES string of the molecule is Cc1cccc(CC(C)S(N)(=O)=O)n1. The van der Waals surface area contributed by atoms with Gasteiger partial charge in [-0.15, -0.1) is 0 Å². The van der Waals surface area contributed by atoms with Crippen molar-refractivity contribution in [3.05, 3.63) is 29.6 Å². The zero-order valence-corrected chi connectivity index (χ0v) is 9.08. The second-order valence-electron chi connectivity index (χ2n) is 3.37. The molecule has 0 amide bonds. The summed E-state index contributed by atoms with van der Waals surface area (Å²) >= 11 is 0. The van der Waals surface area contributed by atoms with E-state index in [4.69, 9.17) is 5.14 Å². The van der Waals surface area contributed by atoms with Crippen molar-refractivity contribution in [1.29, 1.82) is 0 Å². The zero-order valence-electron chi connectivity index (χ0n) is 8.27. The van der Waals surface area contributed by atoms with Crippen LogP contribution in [0.15, 0.2) is 18.2 Å². The van der Waals surface area contributed by atoms with Crippen LogP contribution in [0.1, 0.15) is 18.3 Å². The van der Waals surface area contributed by atoms with Crippen molar-refractivity contribution >= 4 is 10.0 Å². The van der Waals surface area contributed by atoms with Crippen molar-refractivity contribution in [3.63, 3.8) is 0 Å². The number of nitrogens with zero attached hydrogens (tertiary/aromatic N) is 1. The molecule has 0 spiro atoms. The minimum absolute atomic E-state index is 0.362. The lowest BCUT2D eigenvalue weighted by atomic mass is 10.2. The fourth-order valence-electron chi connectivity index (χ4n) is 1.12. The molecule has 78 valence electrons. The average molecular weight is 214 g/mol. The first-order valence-electron chi connectivity index (χ1n) is 4.34. The molecule has 1 heterocycles. The summed E-state index contributed by atoms with van der Waals surface area (Å²) in [6, 6.07) is 5.52. The van der Waals surface area contributed by atoms with E-state index in [9.17, 15) is 8.42 Å². The Kier molecular flexibility index (Phi) is 3.23. The van der Waals surface area contributed by atoms with Gasteiger partial charge < -0.3 is 0 Å². The highest BCUT2D eigenvalue weighted by Crippen LogP contribution is 2.06. The van der Waals surface area contributed by atoms with E-state index < -0.39 is 15.3 Å². The van der Waals surface area contributed by atoms with Gasteiger partial charge in [-0.25, -0.2) is 13.6 Å². The molecule has 5 heteroatoms. The van der Waals surface area contributed by atoms with Crippen molar-refractivity contribution in [2.75, 3.05) is 0 Å². The fraction of sp³-hybridized carbons (Fsp3) is 0.444. The third kappa shape index (κ3) is 3.08. The van der Waals surface area contributed by atoms with Gasteiger partial charge in [-0.05, 0) is 26.0 Å². The molecule has 1 unspecified atom stereocenters. The second kappa shape index (κ2) is 4.06. The van der Waals surface area contributed by atoms with Crippen LogP contribution in [0, 0.1) is 6.92 Å². The molecule has 0 bridgehead atoms. The predicted molar refractivity (Wildman–Crippen MR) is 55.2 cm³/mol. The molecule has 1 aromatic heterocycles. The Bertz CT molecular complexity index is 415. The van der Waals surface area contributed by atoms with Crippen LogP contribution in [0.25, 0.3) is 0 Å². The highest BCUT2D eigenvalue weighted by Gasteiger charge is 2.16. The van der Waals surface area contributed by atoms with Crippen LogP contribution in [0.3, 0.4) is 0 Å². The summed E-state index contributed by atoms with van der Waals surface area (Å²) in [4.78, 5) is 4.21. The van der Waals surface area contributed by atoms with Gasteiger partial charge in [0.1, 0.15) is 0 Å². The lowest BCUT2D eigenvalue weighted by Gasteiger charge is -2.08. The van der Waals surface area contributed by atoms with Crippen molar-refractivity contribution < 1.29 is 8.42 Å². The van der Waals surface area contributed by atoms with Gasteiger partial charge in [0, 0.05) is 17.8 Å². The molecular formula is C9H14N2O2S. The maximum absolute atomic E-state index is 11.0. The van der Waals surface area contributed by atoms with Crippen molar-refractivity contribution in [2.24, 2.45) is 5.14 Å². The van der Waals surface area contributed by atoms with E-state index in [2.05, 4.69) is 4.98 Å². The van der Waals surface area contributed by atoms with Crippen LogP contribution < -0.4 is 5.14 Å². The summed E-state index contributed by atoms with van der Waals surface area (Å²) in [5.74, 6) is 0. The van der Waals surface area contributed by atoms with Gasteiger partial charge in [-0.3, -0.25) is 4.98 Å². The van der Waals surface area contributed by atoms with Crippen molar-refractivity contribution in [3.8, 4) is 0 Å². The fourth-order valence-corrected chi connectivity index (χ4v) is 1.53. The van der Waals surface area contributed by atoms with E-state index in [-0.39, 0.29) is 0 Å². The van der Waals surface area contributed by atoms with Crippen LogP contribution in [0.5, 0.6) is 0 Å². The number of hydrogen-bond donors (Lipinski definition) is 1. The normalized spacial score (nSPS) is 13.9. The quantitative estimate of drug-likeness (QED) is 0.801. The Labute approximate surface area is 84.2 Å². The Morgan fingerprint density at radius 3 is 2.64 bits per heavy atom. The monoisotopic (exact) mass is 214 g/mol. The number of hydrogen-bond acceptors (Lipinski definition) is 3. The number of primary sulfonamides is 1. The molecular weight excluding hydrogens is 200 g/mol. The van der Waals surface area contributed by atoms with Gasteiger partial charge in [-0.1, -0.05) is 6.07 Å². The van der Waals surface area contributed by atoms with Gasteiger partial charge in [-0.2, -0.15) is 0 Å². The number of aryl methyl sites for hydroxylation is 1. The second-order valence-corrected chi connectivity index (χ2v) is 5.36. The first-order valence-corrected chi connectivity index (χ1v) is 5.94. The van der Waals surface area contributed by atoms with Crippen molar-refractivity contribution in [2.45, 2.75) is 25.5 Å². The summed E-state index contributed by atoms with van der Waals surface area (Å²) in [5, 5.41) is 4.42. The molecule has 0 fully saturated rings. The number of nitrogens with two attached hydrogens (primary N) is 1. The van der Waals surface area contributed by atoms with E-state index in [1.807, 2.05) is 19.1 Å². The first-order chi connectivity index (χ1) is 6.39. The Hall–Kier alpha value is -0.940. The van der Waals surface area contributed by atoms with E-state index >= 15 is 0 Å². The Balaban J connectivity index is 2.80. The Morgan fingerprint density at radius 2 is 2.14 bits per heavy atom. The molecule has 0 aliphatic carbocycles. The summed E-state index contributed by atoms with van der Waals surface area (Å²) < 4.78 is 21.9. The number of rotatable bonds is 3. The zero-order chi connectivity index (χ0) is 10.8. The topological polar surface area (TPSA) is 73.1 Å². The molecule has 0 radical (unpaired) electrons. The van der Waals surface area contributed by atoms with Gasteiger partial charge in [0.05, 0.1) is 5.25 Å². The molecule has 0 saturated heterocycles. The molecule has 0 aromatic carbocycles. The van der Waals surface area contributed by atoms with Gasteiger partial charge >= 0.3 is 0 Å². The number of sulfonamides is 1. The molecule has 0 aliphatic rings. The summed E-state index contributed by atoms with van der Waals surface area (Å²) in [6.07, 6.45) is 0.362. The van der Waals surface area contributed by atoms with E-state index in [1.165, 1.54) is 0 Å². The molecule has 1 aromatic rings. The molecule has 1 rings (SSSR count). The van der Waals surface area contributed by atoms with Gasteiger partial charge in [0.15, 0.2) is 0 Å². The Morgan fingerprint density at radius 1 is 1.50 bits per heavy atom. The smallest absolute Gasteiger partial charge is 0.212 e. The minimum Gasteiger partial charge on any atom is -0.258 e. The first kappa shape index (κ1) is 11.1. The summed E-state index contributed by atoms with van der Waals surface area (Å²) in [5.41, 5.74) is 1.63. The van der Waals surface area contributed by atoms with E-state index in [0.717, 1.165) is 11.4 Å². The molecule has 14 heavy (non-hydrogen) atoms. The minimum atomic E-state index is -3.45. The summed E-state index contributed by atoms with van der Waals surface area (Å²) in [7, 11) is -3.45. The average Bonchev–Trinajstić information content (AvgIpc) is 2.02. The highest BCUT2D eigenvalue weighted by molar-refractivity contribution is 7.89. The summed E-state index contributed by atoms with van der Waals surface area (Å²) in [6.45, 7) is 3.45. The van der Waals surface area contributed by atoms with Crippen LogP contribution in [0.2, 0.25) is 0 Å². The molecule has 0 aliphatic heterocycles. The van der Waals surface area contributed by atoms with E-state index in [0.29, 0.717) is 6.42 Å². The van der Waals surface area contributed by atoms with Crippen LogP contribution in [-0.2, 0) is 16.4 Å². The predicted octanol–water partition coefficient (Wildman–Crippen LogP) is 0.610. The van der Waals surface area contributed by atoms with Crippen molar-refractivity contribution in [1.82, 2.24) is 4.98 Å². The van der Waals surface area contributed by atoms with Gasteiger partial charge in [0.2, 0.25) is 10.0 Å². The molecule has 1 atom stereocenters.